The Balaban J connectivity index is 1.51. The van der Waals surface area contributed by atoms with E-state index < -0.39 is 9.84 Å². The van der Waals surface area contributed by atoms with Gasteiger partial charge in [0.05, 0.1) is 10.1 Å². The van der Waals surface area contributed by atoms with Gasteiger partial charge in [-0.2, -0.15) is 0 Å². The highest BCUT2D eigenvalue weighted by atomic mass is 32.2. The lowest BCUT2D eigenvalue weighted by Gasteiger charge is -2.16. The minimum absolute atomic E-state index is 0.0664. The summed E-state index contributed by atoms with van der Waals surface area (Å²) < 4.78 is 26.1. The highest BCUT2D eigenvalue weighted by molar-refractivity contribution is 7.92. The third kappa shape index (κ3) is 2.52. The van der Waals surface area contributed by atoms with E-state index in [1.807, 2.05) is 24.3 Å². The van der Waals surface area contributed by atoms with Gasteiger partial charge in [-0.25, -0.2) is 8.42 Å². The number of sulfone groups is 1. The zero-order valence-electron chi connectivity index (χ0n) is 14.1. The van der Waals surface area contributed by atoms with Gasteiger partial charge in [0.1, 0.15) is 0 Å². The summed E-state index contributed by atoms with van der Waals surface area (Å²) in [5.74, 6) is 0.0664. The van der Waals surface area contributed by atoms with Crippen molar-refractivity contribution in [2.45, 2.75) is 22.6 Å². The monoisotopic (exact) mass is 382 g/mol. The van der Waals surface area contributed by atoms with E-state index in [-0.39, 0.29) is 11.2 Å². The number of fused-ring (bicyclic) bond motifs is 3. The van der Waals surface area contributed by atoms with E-state index in [4.69, 9.17) is 0 Å². The van der Waals surface area contributed by atoms with E-state index in [1.54, 1.807) is 29.8 Å². The summed E-state index contributed by atoms with van der Waals surface area (Å²) in [6, 6.07) is 13.9. The summed E-state index contributed by atoms with van der Waals surface area (Å²) in [5, 5.41) is 1.75. The lowest BCUT2D eigenvalue weighted by atomic mass is 9.95. The summed E-state index contributed by atoms with van der Waals surface area (Å²) in [6.07, 6.45) is 3.53. The largest absolute Gasteiger partial charge is 0.296 e. The van der Waals surface area contributed by atoms with Crippen LogP contribution in [-0.4, -0.2) is 36.6 Å². The summed E-state index contributed by atoms with van der Waals surface area (Å²) >= 11 is 1.73. The molecule has 2 atom stereocenters. The molecule has 0 unspecified atom stereocenters. The van der Waals surface area contributed by atoms with Crippen LogP contribution in [0, 0.1) is 0 Å². The fraction of sp³-hybridized carbons (Fsp3) is 0.250. The molecule has 0 N–H and O–H groups in total. The Morgan fingerprint density at radius 1 is 1.08 bits per heavy atom. The molecule has 1 aromatic carbocycles. The second kappa shape index (κ2) is 6.01. The SMILES string of the molecule is O=S1(=O)c2ccc(-c3ccncc3)cc2[C@H]2CN(Cc3cccs3)C[C@@H]21. The maximum absolute atomic E-state index is 13.0. The summed E-state index contributed by atoms with van der Waals surface area (Å²) in [6.45, 7) is 2.25. The minimum atomic E-state index is -3.24. The van der Waals surface area contributed by atoms with Crippen molar-refractivity contribution in [3.63, 3.8) is 0 Å². The van der Waals surface area contributed by atoms with Crippen molar-refractivity contribution < 1.29 is 8.42 Å². The van der Waals surface area contributed by atoms with Gasteiger partial charge in [0, 0.05) is 42.8 Å². The fourth-order valence-corrected chi connectivity index (χ4v) is 7.14. The van der Waals surface area contributed by atoms with Gasteiger partial charge in [-0.1, -0.05) is 12.1 Å². The molecule has 0 amide bonds. The van der Waals surface area contributed by atoms with Gasteiger partial charge in [-0.15, -0.1) is 11.3 Å². The molecular weight excluding hydrogens is 364 g/mol. The summed E-state index contributed by atoms with van der Waals surface area (Å²) in [7, 11) is -3.24. The Hall–Kier alpha value is -2.02. The van der Waals surface area contributed by atoms with E-state index in [9.17, 15) is 8.42 Å². The smallest absolute Gasteiger partial charge is 0.183 e. The number of pyridine rings is 1. The summed E-state index contributed by atoms with van der Waals surface area (Å²) in [4.78, 5) is 8.16. The Morgan fingerprint density at radius 3 is 2.69 bits per heavy atom. The molecule has 0 aliphatic carbocycles. The fourth-order valence-electron chi connectivity index (χ4n) is 4.20. The third-order valence-corrected chi connectivity index (χ3v) is 8.55. The maximum Gasteiger partial charge on any atom is 0.183 e. The van der Waals surface area contributed by atoms with E-state index in [2.05, 4.69) is 27.4 Å². The average Bonchev–Trinajstić information content (AvgIpc) is 3.36. The molecule has 4 nitrogen and oxygen atoms in total. The van der Waals surface area contributed by atoms with Crippen LogP contribution in [0.25, 0.3) is 11.1 Å². The van der Waals surface area contributed by atoms with E-state index >= 15 is 0 Å². The van der Waals surface area contributed by atoms with Crippen molar-refractivity contribution in [2.24, 2.45) is 0 Å². The third-order valence-electron chi connectivity index (χ3n) is 5.43. The molecule has 26 heavy (non-hydrogen) atoms. The van der Waals surface area contributed by atoms with Crippen molar-refractivity contribution in [3.05, 3.63) is 70.7 Å². The molecule has 2 aliphatic heterocycles. The number of nitrogens with zero attached hydrogens (tertiary/aromatic N) is 2. The van der Waals surface area contributed by atoms with Gasteiger partial charge in [0.2, 0.25) is 0 Å². The standard InChI is InChI=1S/C20H18N2O2S2/c23-26(24)19-4-3-15(14-5-7-21-8-6-14)10-17(19)18-12-22(13-20(18)26)11-16-2-1-9-25-16/h1-10,18,20H,11-13H2/t18-,20+/m1/s1. The topological polar surface area (TPSA) is 50.3 Å². The molecule has 0 radical (unpaired) electrons. The average molecular weight is 383 g/mol. The Kier molecular flexibility index (Phi) is 3.74. The van der Waals surface area contributed by atoms with Crippen molar-refractivity contribution in [1.82, 2.24) is 9.88 Å². The number of likely N-dealkylation sites (tertiary alicyclic amines) is 1. The van der Waals surface area contributed by atoms with Gasteiger partial charge in [0.25, 0.3) is 0 Å². The molecule has 0 bridgehead atoms. The van der Waals surface area contributed by atoms with E-state index in [0.717, 1.165) is 29.8 Å². The number of rotatable bonds is 3. The van der Waals surface area contributed by atoms with Gasteiger partial charge in [0.15, 0.2) is 9.84 Å². The van der Waals surface area contributed by atoms with Gasteiger partial charge in [-0.05, 0) is 52.4 Å². The maximum atomic E-state index is 13.0. The second-order valence-corrected chi connectivity index (χ2v) is 10.1. The lowest BCUT2D eigenvalue weighted by Crippen LogP contribution is -2.25. The highest BCUT2D eigenvalue weighted by Gasteiger charge is 2.50. The molecular formula is C20H18N2O2S2. The van der Waals surface area contributed by atoms with E-state index in [0.29, 0.717) is 11.4 Å². The molecule has 132 valence electrons. The molecule has 0 spiro atoms. The molecule has 3 aromatic rings. The predicted molar refractivity (Wildman–Crippen MR) is 103 cm³/mol. The first-order valence-electron chi connectivity index (χ1n) is 8.66. The van der Waals surface area contributed by atoms with Crippen LogP contribution >= 0.6 is 11.3 Å². The van der Waals surface area contributed by atoms with Crippen LogP contribution in [0.2, 0.25) is 0 Å². The van der Waals surface area contributed by atoms with Crippen molar-refractivity contribution in [2.75, 3.05) is 13.1 Å². The molecule has 6 heteroatoms. The van der Waals surface area contributed by atoms with Crippen LogP contribution in [0.3, 0.4) is 0 Å². The normalized spacial score (nSPS) is 23.7. The van der Waals surface area contributed by atoms with Crippen LogP contribution in [-0.2, 0) is 16.4 Å². The number of hydrogen-bond donors (Lipinski definition) is 0. The molecule has 1 saturated heterocycles. The Bertz CT molecular complexity index is 1050. The van der Waals surface area contributed by atoms with Crippen molar-refractivity contribution >= 4 is 21.2 Å². The van der Waals surface area contributed by atoms with Crippen LogP contribution in [0.4, 0.5) is 0 Å². The van der Waals surface area contributed by atoms with Crippen LogP contribution in [0.5, 0.6) is 0 Å². The molecule has 0 saturated carbocycles. The second-order valence-electron chi connectivity index (χ2n) is 6.95. The van der Waals surface area contributed by atoms with Crippen molar-refractivity contribution in [3.8, 4) is 11.1 Å². The molecule has 1 fully saturated rings. The number of benzene rings is 1. The summed E-state index contributed by atoms with van der Waals surface area (Å²) in [5.41, 5.74) is 3.11. The van der Waals surface area contributed by atoms with Gasteiger partial charge in [-0.3, -0.25) is 9.88 Å². The molecule has 2 aromatic heterocycles. The molecule has 5 rings (SSSR count). The molecule has 2 aliphatic rings. The lowest BCUT2D eigenvalue weighted by molar-refractivity contribution is 0.328. The van der Waals surface area contributed by atoms with Gasteiger partial charge < -0.3 is 0 Å². The number of hydrogen-bond acceptors (Lipinski definition) is 5. The Morgan fingerprint density at radius 2 is 1.92 bits per heavy atom. The number of aromatic nitrogens is 1. The van der Waals surface area contributed by atoms with Crippen LogP contribution in [0.1, 0.15) is 16.4 Å². The van der Waals surface area contributed by atoms with Crippen molar-refractivity contribution in [1.29, 1.82) is 0 Å². The highest BCUT2D eigenvalue weighted by Crippen LogP contribution is 2.46. The first kappa shape index (κ1) is 16.2. The molecule has 4 heterocycles. The van der Waals surface area contributed by atoms with Crippen LogP contribution < -0.4 is 0 Å². The van der Waals surface area contributed by atoms with Crippen LogP contribution in [0.15, 0.2) is 65.1 Å². The van der Waals surface area contributed by atoms with Gasteiger partial charge >= 0.3 is 0 Å². The Labute approximate surface area is 157 Å². The zero-order chi connectivity index (χ0) is 17.7. The first-order chi connectivity index (χ1) is 12.6. The first-order valence-corrected chi connectivity index (χ1v) is 11.1. The predicted octanol–water partition coefficient (Wildman–Crippen LogP) is 3.57. The quantitative estimate of drug-likeness (QED) is 0.695. The number of thiophene rings is 1. The zero-order valence-corrected chi connectivity index (χ0v) is 15.7. The minimum Gasteiger partial charge on any atom is -0.296 e. The van der Waals surface area contributed by atoms with E-state index in [1.165, 1.54) is 4.88 Å².